The molecule has 0 radical (unpaired) electrons. The zero-order chi connectivity index (χ0) is 15.4. The Morgan fingerprint density at radius 1 is 1.43 bits per heavy atom. The SMILES string of the molecule is CCC(C)N(C)CCNc1ccc(N)c2cc(Br)cnc12. The number of hydrogen-bond donors (Lipinski definition) is 2. The number of rotatable bonds is 6. The van der Waals surface area contributed by atoms with Crippen LogP contribution in [0.25, 0.3) is 10.9 Å². The maximum absolute atomic E-state index is 6.03. The molecule has 0 saturated heterocycles. The van der Waals surface area contributed by atoms with E-state index in [-0.39, 0.29) is 0 Å². The fourth-order valence-corrected chi connectivity index (χ4v) is 2.59. The van der Waals surface area contributed by atoms with Crippen molar-refractivity contribution in [1.82, 2.24) is 9.88 Å². The summed E-state index contributed by atoms with van der Waals surface area (Å²) in [5, 5.41) is 4.45. The van der Waals surface area contributed by atoms with E-state index in [2.05, 4.69) is 52.0 Å². The molecule has 114 valence electrons. The van der Waals surface area contributed by atoms with Gasteiger partial charge in [-0.2, -0.15) is 0 Å². The Kier molecular flexibility index (Phi) is 5.42. The molecule has 2 rings (SSSR count). The topological polar surface area (TPSA) is 54.2 Å². The van der Waals surface area contributed by atoms with Gasteiger partial charge in [-0.15, -0.1) is 0 Å². The zero-order valence-corrected chi connectivity index (χ0v) is 14.4. The molecule has 0 spiro atoms. The average molecular weight is 351 g/mol. The molecule has 0 fully saturated rings. The Bertz CT molecular complexity index is 614. The van der Waals surface area contributed by atoms with Crippen molar-refractivity contribution in [3.63, 3.8) is 0 Å². The van der Waals surface area contributed by atoms with E-state index >= 15 is 0 Å². The minimum atomic E-state index is 0.601. The zero-order valence-electron chi connectivity index (χ0n) is 12.9. The van der Waals surface area contributed by atoms with Gasteiger partial charge in [0.1, 0.15) is 0 Å². The molecule has 1 aromatic heterocycles. The van der Waals surface area contributed by atoms with Gasteiger partial charge in [0.15, 0.2) is 0 Å². The Balaban J connectivity index is 2.11. The van der Waals surface area contributed by atoms with Crippen molar-refractivity contribution in [2.45, 2.75) is 26.3 Å². The van der Waals surface area contributed by atoms with E-state index < -0.39 is 0 Å². The first-order chi connectivity index (χ1) is 10.0. The summed E-state index contributed by atoms with van der Waals surface area (Å²) in [6.07, 6.45) is 2.97. The van der Waals surface area contributed by atoms with Gasteiger partial charge in [0, 0.05) is 40.9 Å². The Morgan fingerprint density at radius 3 is 2.90 bits per heavy atom. The number of benzene rings is 1. The number of halogens is 1. The molecule has 1 unspecified atom stereocenters. The number of fused-ring (bicyclic) bond motifs is 1. The first-order valence-corrected chi connectivity index (χ1v) is 8.10. The van der Waals surface area contributed by atoms with E-state index in [0.29, 0.717) is 6.04 Å². The Labute approximate surface area is 134 Å². The van der Waals surface area contributed by atoms with Crippen molar-refractivity contribution >= 4 is 38.2 Å². The predicted molar refractivity (Wildman–Crippen MR) is 94.7 cm³/mol. The minimum absolute atomic E-state index is 0.601. The summed E-state index contributed by atoms with van der Waals surface area (Å²) >= 11 is 3.44. The van der Waals surface area contributed by atoms with E-state index in [0.717, 1.165) is 46.3 Å². The van der Waals surface area contributed by atoms with Crippen LogP contribution in [0.2, 0.25) is 0 Å². The van der Waals surface area contributed by atoms with E-state index in [4.69, 9.17) is 5.73 Å². The lowest BCUT2D eigenvalue weighted by Gasteiger charge is -2.23. The Hall–Kier alpha value is -1.33. The average Bonchev–Trinajstić information content (AvgIpc) is 2.48. The highest BCUT2D eigenvalue weighted by molar-refractivity contribution is 9.10. The number of nitrogen functional groups attached to an aromatic ring is 1. The highest BCUT2D eigenvalue weighted by Crippen LogP contribution is 2.28. The van der Waals surface area contributed by atoms with Crippen LogP contribution in [0.5, 0.6) is 0 Å². The fourth-order valence-electron chi connectivity index (χ4n) is 2.26. The second-order valence-corrected chi connectivity index (χ2v) is 6.33. The maximum atomic E-state index is 6.03. The largest absolute Gasteiger partial charge is 0.398 e. The van der Waals surface area contributed by atoms with Crippen LogP contribution < -0.4 is 11.1 Å². The molecular formula is C16H23BrN4. The van der Waals surface area contributed by atoms with Gasteiger partial charge in [-0.25, -0.2) is 0 Å². The van der Waals surface area contributed by atoms with Crippen LogP contribution >= 0.6 is 15.9 Å². The van der Waals surface area contributed by atoms with Crippen LogP contribution in [-0.2, 0) is 0 Å². The highest BCUT2D eigenvalue weighted by Gasteiger charge is 2.08. The molecule has 1 heterocycles. The van der Waals surface area contributed by atoms with Gasteiger partial charge < -0.3 is 16.0 Å². The molecule has 4 nitrogen and oxygen atoms in total. The predicted octanol–water partition coefficient (Wildman–Crippen LogP) is 3.72. The standard InChI is InChI=1S/C16H23BrN4/c1-4-11(2)21(3)8-7-19-15-6-5-14(18)13-9-12(17)10-20-16(13)15/h5-6,9-11,19H,4,7-8,18H2,1-3H3. The van der Waals surface area contributed by atoms with Gasteiger partial charge in [0.05, 0.1) is 11.2 Å². The summed E-state index contributed by atoms with van der Waals surface area (Å²) in [6, 6.07) is 6.54. The Morgan fingerprint density at radius 2 is 2.19 bits per heavy atom. The molecule has 0 bridgehead atoms. The van der Waals surface area contributed by atoms with Gasteiger partial charge in [0.25, 0.3) is 0 Å². The molecule has 1 atom stereocenters. The van der Waals surface area contributed by atoms with Crippen LogP contribution in [0.1, 0.15) is 20.3 Å². The lowest BCUT2D eigenvalue weighted by molar-refractivity contribution is 0.261. The molecule has 1 aromatic carbocycles. The van der Waals surface area contributed by atoms with Crippen LogP contribution in [0, 0.1) is 0 Å². The molecule has 21 heavy (non-hydrogen) atoms. The number of nitrogens with two attached hydrogens (primary N) is 1. The number of anilines is 2. The van der Waals surface area contributed by atoms with Crippen LogP contribution in [0.4, 0.5) is 11.4 Å². The lowest BCUT2D eigenvalue weighted by atomic mass is 10.1. The first kappa shape index (κ1) is 16.0. The van der Waals surface area contributed by atoms with Crippen molar-refractivity contribution in [1.29, 1.82) is 0 Å². The van der Waals surface area contributed by atoms with Crippen molar-refractivity contribution in [3.8, 4) is 0 Å². The summed E-state index contributed by atoms with van der Waals surface area (Å²) in [5.41, 5.74) is 8.74. The highest BCUT2D eigenvalue weighted by atomic mass is 79.9. The van der Waals surface area contributed by atoms with E-state index in [1.165, 1.54) is 0 Å². The van der Waals surface area contributed by atoms with Crippen LogP contribution in [0.3, 0.4) is 0 Å². The molecule has 5 heteroatoms. The third-order valence-corrected chi connectivity index (χ3v) is 4.41. The van der Waals surface area contributed by atoms with E-state index in [1.54, 1.807) is 6.20 Å². The van der Waals surface area contributed by atoms with Gasteiger partial charge >= 0.3 is 0 Å². The molecule has 2 aromatic rings. The third kappa shape index (κ3) is 3.86. The second kappa shape index (κ2) is 7.09. The van der Waals surface area contributed by atoms with Crippen LogP contribution in [-0.4, -0.2) is 36.1 Å². The summed E-state index contributed by atoms with van der Waals surface area (Å²) in [4.78, 5) is 6.85. The fraction of sp³-hybridized carbons (Fsp3) is 0.438. The van der Waals surface area contributed by atoms with Gasteiger partial charge in [-0.1, -0.05) is 6.92 Å². The van der Waals surface area contributed by atoms with Crippen molar-refractivity contribution in [2.24, 2.45) is 0 Å². The molecule has 0 amide bonds. The normalized spacial score (nSPS) is 12.8. The van der Waals surface area contributed by atoms with Crippen molar-refractivity contribution in [2.75, 3.05) is 31.2 Å². The van der Waals surface area contributed by atoms with Gasteiger partial charge in [0.2, 0.25) is 0 Å². The number of nitrogens with zero attached hydrogens (tertiary/aromatic N) is 2. The number of pyridine rings is 1. The number of aromatic nitrogens is 1. The third-order valence-electron chi connectivity index (χ3n) is 3.97. The van der Waals surface area contributed by atoms with Gasteiger partial charge in [-0.3, -0.25) is 4.98 Å². The maximum Gasteiger partial charge on any atom is 0.0954 e. The number of nitrogens with one attached hydrogen (secondary N) is 1. The summed E-state index contributed by atoms with van der Waals surface area (Å²) in [6.45, 7) is 6.34. The van der Waals surface area contributed by atoms with E-state index in [1.807, 2.05) is 18.2 Å². The number of likely N-dealkylation sites (N-methyl/N-ethyl adjacent to an activating group) is 1. The second-order valence-electron chi connectivity index (χ2n) is 5.42. The van der Waals surface area contributed by atoms with Crippen molar-refractivity contribution in [3.05, 3.63) is 28.9 Å². The summed E-state index contributed by atoms with van der Waals surface area (Å²) < 4.78 is 0.940. The first-order valence-electron chi connectivity index (χ1n) is 7.30. The quantitative estimate of drug-likeness (QED) is 0.779. The van der Waals surface area contributed by atoms with Crippen LogP contribution in [0.15, 0.2) is 28.9 Å². The van der Waals surface area contributed by atoms with Gasteiger partial charge in [-0.05, 0) is 54.5 Å². The molecule has 0 saturated carbocycles. The minimum Gasteiger partial charge on any atom is -0.398 e. The monoisotopic (exact) mass is 350 g/mol. The molecule has 0 aliphatic rings. The molecule has 0 aliphatic heterocycles. The smallest absolute Gasteiger partial charge is 0.0954 e. The summed E-state index contributed by atoms with van der Waals surface area (Å²) in [5.74, 6) is 0. The molecule has 3 N–H and O–H groups in total. The lowest BCUT2D eigenvalue weighted by Crippen LogP contribution is -2.32. The molecular weight excluding hydrogens is 328 g/mol. The van der Waals surface area contributed by atoms with Crippen molar-refractivity contribution < 1.29 is 0 Å². The molecule has 0 aliphatic carbocycles. The van der Waals surface area contributed by atoms with E-state index in [9.17, 15) is 0 Å². The number of hydrogen-bond acceptors (Lipinski definition) is 4. The summed E-state index contributed by atoms with van der Waals surface area (Å²) in [7, 11) is 2.16.